The molecule has 24 heavy (non-hydrogen) atoms. The highest BCUT2D eigenvalue weighted by Crippen LogP contribution is 2.21. The van der Waals surface area contributed by atoms with Crippen LogP contribution in [0.25, 0.3) is 0 Å². The molecule has 0 aliphatic rings. The standard InChI is InChI=1S/C16H14ClN5OS/c17-13-5-1-12(2-6-13)10-24-16-19-15(21-22-16)20-18-9-11-3-7-14(23)8-4-11/h1-9,23H,10H2,(H2,19,20,21,22)/b18-9-. The summed E-state index contributed by atoms with van der Waals surface area (Å²) in [5.74, 6) is 1.44. The fourth-order valence-electron chi connectivity index (χ4n) is 1.82. The summed E-state index contributed by atoms with van der Waals surface area (Å²) in [6, 6.07) is 14.4. The van der Waals surface area contributed by atoms with Gasteiger partial charge in [0, 0.05) is 10.8 Å². The van der Waals surface area contributed by atoms with Gasteiger partial charge in [0.05, 0.1) is 6.21 Å². The van der Waals surface area contributed by atoms with Crippen molar-refractivity contribution < 1.29 is 5.11 Å². The van der Waals surface area contributed by atoms with E-state index in [1.54, 1.807) is 30.5 Å². The highest BCUT2D eigenvalue weighted by Gasteiger charge is 2.03. The van der Waals surface area contributed by atoms with E-state index in [-0.39, 0.29) is 5.75 Å². The zero-order valence-corrected chi connectivity index (χ0v) is 14.1. The monoisotopic (exact) mass is 359 g/mol. The number of hydrogen-bond donors (Lipinski definition) is 3. The molecule has 0 spiro atoms. The number of rotatable bonds is 6. The quantitative estimate of drug-likeness (QED) is 0.353. The van der Waals surface area contributed by atoms with Crippen molar-refractivity contribution in [2.75, 3.05) is 5.43 Å². The van der Waals surface area contributed by atoms with Gasteiger partial charge in [-0.25, -0.2) is 10.5 Å². The molecule has 0 saturated carbocycles. The number of nitrogens with one attached hydrogen (secondary N) is 2. The van der Waals surface area contributed by atoms with Crippen molar-refractivity contribution in [2.45, 2.75) is 10.9 Å². The highest BCUT2D eigenvalue weighted by molar-refractivity contribution is 7.98. The molecule has 8 heteroatoms. The molecule has 1 aromatic heterocycles. The molecule has 0 amide bonds. The van der Waals surface area contributed by atoms with Gasteiger partial charge in [0.15, 0.2) is 0 Å². The van der Waals surface area contributed by atoms with E-state index in [4.69, 9.17) is 11.6 Å². The summed E-state index contributed by atoms with van der Waals surface area (Å²) >= 11 is 7.38. The van der Waals surface area contributed by atoms with Crippen LogP contribution in [0.2, 0.25) is 5.02 Å². The number of benzene rings is 2. The van der Waals surface area contributed by atoms with Crippen LogP contribution in [0, 0.1) is 0 Å². The molecule has 0 aliphatic carbocycles. The van der Waals surface area contributed by atoms with Crippen molar-refractivity contribution in [1.82, 2.24) is 15.2 Å². The van der Waals surface area contributed by atoms with Gasteiger partial charge < -0.3 is 5.11 Å². The molecule has 2 aromatic carbocycles. The summed E-state index contributed by atoms with van der Waals surface area (Å²) in [6.07, 6.45) is 1.63. The molecule has 0 atom stereocenters. The minimum absolute atomic E-state index is 0.220. The smallest absolute Gasteiger partial charge is 0.240 e. The lowest BCUT2D eigenvalue weighted by Gasteiger charge is -1.98. The van der Waals surface area contributed by atoms with Gasteiger partial charge in [-0.05, 0) is 47.5 Å². The third-order valence-electron chi connectivity index (χ3n) is 3.02. The van der Waals surface area contributed by atoms with E-state index in [2.05, 4.69) is 25.7 Å². The summed E-state index contributed by atoms with van der Waals surface area (Å²) in [4.78, 5) is 4.29. The number of phenols is 1. The third kappa shape index (κ3) is 4.74. The van der Waals surface area contributed by atoms with Crippen LogP contribution >= 0.6 is 23.4 Å². The summed E-state index contributed by atoms with van der Waals surface area (Å²) < 4.78 is 0. The Hall–Kier alpha value is -2.51. The molecule has 0 radical (unpaired) electrons. The maximum absolute atomic E-state index is 9.22. The van der Waals surface area contributed by atoms with Gasteiger partial charge in [-0.1, -0.05) is 35.5 Å². The van der Waals surface area contributed by atoms with E-state index in [1.165, 1.54) is 11.8 Å². The molecule has 122 valence electrons. The normalized spacial score (nSPS) is 11.0. The lowest BCUT2D eigenvalue weighted by atomic mass is 10.2. The average Bonchev–Trinajstić information content (AvgIpc) is 3.04. The van der Waals surface area contributed by atoms with Crippen molar-refractivity contribution in [3.63, 3.8) is 0 Å². The molecule has 3 rings (SSSR count). The molecular formula is C16H14ClN5OS. The van der Waals surface area contributed by atoms with Crippen LogP contribution < -0.4 is 5.43 Å². The summed E-state index contributed by atoms with van der Waals surface area (Å²) in [5.41, 5.74) is 4.79. The van der Waals surface area contributed by atoms with Crippen LogP contribution in [-0.4, -0.2) is 26.5 Å². The van der Waals surface area contributed by atoms with Crippen LogP contribution in [0.1, 0.15) is 11.1 Å². The van der Waals surface area contributed by atoms with Gasteiger partial charge in [-0.3, -0.25) is 0 Å². The van der Waals surface area contributed by atoms with E-state index in [9.17, 15) is 5.11 Å². The lowest BCUT2D eigenvalue weighted by Crippen LogP contribution is -1.92. The number of anilines is 1. The first-order valence-electron chi connectivity index (χ1n) is 7.07. The van der Waals surface area contributed by atoms with Crippen molar-refractivity contribution in [2.24, 2.45) is 5.10 Å². The molecule has 0 unspecified atom stereocenters. The predicted molar refractivity (Wildman–Crippen MR) is 96.7 cm³/mol. The molecule has 0 fully saturated rings. The number of aromatic amines is 1. The van der Waals surface area contributed by atoms with Crippen LogP contribution in [0.5, 0.6) is 5.75 Å². The Morgan fingerprint density at radius 2 is 1.92 bits per heavy atom. The molecule has 0 aliphatic heterocycles. The van der Waals surface area contributed by atoms with Crippen LogP contribution in [0.4, 0.5) is 5.95 Å². The number of nitrogens with zero attached hydrogens (tertiary/aromatic N) is 3. The molecule has 6 nitrogen and oxygen atoms in total. The zero-order chi connectivity index (χ0) is 16.8. The number of aromatic nitrogens is 3. The minimum Gasteiger partial charge on any atom is -0.508 e. The van der Waals surface area contributed by atoms with Crippen molar-refractivity contribution in [3.8, 4) is 5.75 Å². The maximum atomic E-state index is 9.22. The number of hydrazone groups is 1. The van der Waals surface area contributed by atoms with E-state index >= 15 is 0 Å². The van der Waals surface area contributed by atoms with Crippen LogP contribution in [-0.2, 0) is 5.75 Å². The Bertz CT molecular complexity index is 817. The van der Waals surface area contributed by atoms with E-state index in [0.29, 0.717) is 11.1 Å². The predicted octanol–water partition coefficient (Wildman–Crippen LogP) is 3.90. The van der Waals surface area contributed by atoms with E-state index in [1.807, 2.05) is 24.3 Å². The number of aromatic hydroxyl groups is 1. The Labute approximate surface area is 148 Å². The first-order chi connectivity index (χ1) is 11.7. The van der Waals surface area contributed by atoms with Gasteiger partial charge in [0.2, 0.25) is 11.1 Å². The van der Waals surface area contributed by atoms with Crippen LogP contribution in [0.15, 0.2) is 58.8 Å². The Morgan fingerprint density at radius 1 is 1.17 bits per heavy atom. The fraction of sp³-hybridized carbons (Fsp3) is 0.0625. The number of H-pyrrole nitrogens is 1. The van der Waals surface area contributed by atoms with Gasteiger partial charge in [0.1, 0.15) is 5.75 Å². The number of phenolic OH excluding ortho intramolecular Hbond substituents is 1. The summed E-state index contributed by atoms with van der Waals surface area (Å²) in [7, 11) is 0. The minimum atomic E-state index is 0.220. The molecule has 1 heterocycles. The Balaban J connectivity index is 1.51. The molecule has 0 saturated heterocycles. The maximum Gasteiger partial charge on any atom is 0.240 e. The third-order valence-corrected chi connectivity index (χ3v) is 4.19. The van der Waals surface area contributed by atoms with Crippen molar-refractivity contribution in [3.05, 3.63) is 64.7 Å². The van der Waals surface area contributed by atoms with E-state index in [0.717, 1.165) is 21.9 Å². The second-order valence-corrected chi connectivity index (χ2v) is 6.22. The number of thioether (sulfide) groups is 1. The van der Waals surface area contributed by atoms with Gasteiger partial charge in [-0.2, -0.15) is 10.1 Å². The summed E-state index contributed by atoms with van der Waals surface area (Å²) in [6.45, 7) is 0. The topological polar surface area (TPSA) is 86.2 Å². The van der Waals surface area contributed by atoms with Gasteiger partial charge in [0.25, 0.3) is 0 Å². The van der Waals surface area contributed by atoms with Gasteiger partial charge >= 0.3 is 0 Å². The largest absolute Gasteiger partial charge is 0.508 e. The second kappa shape index (κ2) is 7.85. The van der Waals surface area contributed by atoms with Gasteiger partial charge in [-0.15, -0.1) is 5.10 Å². The number of hydrogen-bond acceptors (Lipinski definition) is 6. The highest BCUT2D eigenvalue weighted by atomic mass is 35.5. The van der Waals surface area contributed by atoms with Crippen molar-refractivity contribution >= 4 is 35.5 Å². The van der Waals surface area contributed by atoms with Crippen molar-refractivity contribution in [1.29, 1.82) is 0 Å². The zero-order valence-electron chi connectivity index (χ0n) is 12.5. The Morgan fingerprint density at radius 3 is 2.67 bits per heavy atom. The molecule has 3 N–H and O–H groups in total. The summed E-state index contributed by atoms with van der Waals surface area (Å²) in [5, 5.41) is 21.5. The second-order valence-electron chi connectivity index (χ2n) is 4.84. The lowest BCUT2D eigenvalue weighted by molar-refractivity contribution is 0.475. The first kappa shape index (κ1) is 16.4. The van der Waals surface area contributed by atoms with Crippen LogP contribution in [0.3, 0.4) is 0 Å². The average molecular weight is 360 g/mol. The van der Waals surface area contributed by atoms with E-state index < -0.39 is 0 Å². The first-order valence-corrected chi connectivity index (χ1v) is 8.43. The fourth-order valence-corrected chi connectivity index (χ4v) is 2.70. The molecule has 0 bridgehead atoms. The molecular weight excluding hydrogens is 346 g/mol. The Kier molecular flexibility index (Phi) is 5.35. The molecule has 3 aromatic rings. The SMILES string of the molecule is Oc1ccc(/C=N\Nc2nc(SCc3ccc(Cl)cc3)n[nH]2)cc1. The number of halogens is 1.